The fourth-order valence-corrected chi connectivity index (χ4v) is 4.18. The number of fused-ring (bicyclic) bond motifs is 1. The van der Waals surface area contributed by atoms with Gasteiger partial charge in [0.15, 0.2) is 0 Å². The summed E-state index contributed by atoms with van der Waals surface area (Å²) in [5.74, 6) is 0. The normalized spacial score (nSPS) is 18.2. The number of piperidine rings is 1. The van der Waals surface area contributed by atoms with E-state index in [0.29, 0.717) is 6.04 Å². The second-order valence-corrected chi connectivity index (χ2v) is 7.36. The van der Waals surface area contributed by atoms with Crippen LogP contribution < -0.4 is 10.2 Å². The van der Waals surface area contributed by atoms with Crippen LogP contribution in [0.3, 0.4) is 0 Å². The standard InChI is InChI=1S/C20H28N4/c1-14-20(15(2)23-22-14)13-21-18-8-10-24(11-9-18)19-7-6-16-4-3-5-17(16)12-19/h6-7,12,18,21H,3-5,8-11,13H2,1-2H3,(H,22,23). The molecule has 0 radical (unpaired) electrons. The van der Waals surface area contributed by atoms with Crippen molar-refractivity contribution in [1.82, 2.24) is 15.5 Å². The SMILES string of the molecule is Cc1n[nH]c(C)c1CNC1CCN(c2ccc3c(c2)CCC3)CC1. The number of nitrogens with zero attached hydrogens (tertiary/aromatic N) is 2. The molecule has 2 heterocycles. The summed E-state index contributed by atoms with van der Waals surface area (Å²) in [6.45, 7) is 7.42. The molecule has 0 atom stereocenters. The van der Waals surface area contributed by atoms with E-state index in [9.17, 15) is 0 Å². The maximum absolute atomic E-state index is 4.29. The van der Waals surface area contributed by atoms with Gasteiger partial charge in [-0.1, -0.05) is 6.07 Å². The molecule has 4 heteroatoms. The second-order valence-electron chi connectivity index (χ2n) is 7.36. The van der Waals surface area contributed by atoms with Crippen LogP contribution in [0, 0.1) is 13.8 Å². The molecule has 1 aliphatic carbocycles. The maximum atomic E-state index is 4.29. The molecule has 0 spiro atoms. The van der Waals surface area contributed by atoms with Crippen molar-refractivity contribution in [2.24, 2.45) is 0 Å². The number of aryl methyl sites for hydroxylation is 4. The van der Waals surface area contributed by atoms with Gasteiger partial charge in [-0.3, -0.25) is 5.10 Å². The number of H-pyrrole nitrogens is 1. The fourth-order valence-electron chi connectivity index (χ4n) is 4.18. The Labute approximate surface area is 144 Å². The Bertz CT molecular complexity index is 691. The molecule has 0 unspecified atom stereocenters. The second kappa shape index (κ2) is 6.60. The average Bonchev–Trinajstić information content (AvgIpc) is 3.20. The number of anilines is 1. The Balaban J connectivity index is 1.32. The zero-order chi connectivity index (χ0) is 16.5. The van der Waals surface area contributed by atoms with Crippen LogP contribution in [0.4, 0.5) is 5.69 Å². The van der Waals surface area contributed by atoms with Gasteiger partial charge in [-0.2, -0.15) is 5.10 Å². The van der Waals surface area contributed by atoms with E-state index in [1.165, 1.54) is 49.0 Å². The van der Waals surface area contributed by atoms with Crippen LogP contribution in [0.5, 0.6) is 0 Å². The smallest absolute Gasteiger partial charge is 0.0638 e. The number of nitrogens with one attached hydrogen (secondary N) is 2. The van der Waals surface area contributed by atoms with Crippen molar-refractivity contribution in [3.8, 4) is 0 Å². The number of aromatic nitrogens is 2. The highest BCUT2D eigenvalue weighted by molar-refractivity contribution is 5.52. The summed E-state index contributed by atoms with van der Waals surface area (Å²) in [5.41, 5.74) is 8.22. The highest BCUT2D eigenvalue weighted by atomic mass is 15.2. The zero-order valence-electron chi connectivity index (χ0n) is 14.9. The molecule has 1 aliphatic heterocycles. The van der Waals surface area contributed by atoms with Crippen LogP contribution in [0.25, 0.3) is 0 Å². The van der Waals surface area contributed by atoms with Crippen LogP contribution in [0.2, 0.25) is 0 Å². The van der Waals surface area contributed by atoms with Crippen LogP contribution in [0.1, 0.15) is 47.3 Å². The monoisotopic (exact) mass is 324 g/mol. The lowest BCUT2D eigenvalue weighted by molar-refractivity contribution is 0.413. The molecule has 24 heavy (non-hydrogen) atoms. The predicted molar refractivity (Wildman–Crippen MR) is 98.6 cm³/mol. The summed E-state index contributed by atoms with van der Waals surface area (Å²) in [6.07, 6.45) is 6.30. The van der Waals surface area contributed by atoms with E-state index >= 15 is 0 Å². The van der Waals surface area contributed by atoms with Gasteiger partial charge in [-0.15, -0.1) is 0 Å². The molecule has 0 saturated carbocycles. The van der Waals surface area contributed by atoms with Crippen molar-refractivity contribution in [2.75, 3.05) is 18.0 Å². The molecule has 4 rings (SSSR count). The van der Waals surface area contributed by atoms with E-state index in [-0.39, 0.29) is 0 Å². The molecule has 1 fully saturated rings. The Morgan fingerprint density at radius 1 is 1.17 bits per heavy atom. The van der Waals surface area contributed by atoms with Gasteiger partial charge in [0.05, 0.1) is 5.69 Å². The Kier molecular flexibility index (Phi) is 4.31. The summed E-state index contributed by atoms with van der Waals surface area (Å²) >= 11 is 0. The van der Waals surface area contributed by atoms with Crippen LogP contribution in [0.15, 0.2) is 18.2 Å². The first kappa shape index (κ1) is 15.7. The molecule has 1 saturated heterocycles. The third kappa shape index (κ3) is 3.07. The number of rotatable bonds is 4. The van der Waals surface area contributed by atoms with E-state index in [0.717, 1.165) is 25.3 Å². The van der Waals surface area contributed by atoms with Crippen molar-refractivity contribution >= 4 is 5.69 Å². The highest BCUT2D eigenvalue weighted by Crippen LogP contribution is 2.28. The molecule has 2 N–H and O–H groups in total. The largest absolute Gasteiger partial charge is 0.371 e. The Morgan fingerprint density at radius 3 is 2.71 bits per heavy atom. The molecule has 4 nitrogen and oxygen atoms in total. The first-order chi connectivity index (χ1) is 11.7. The van der Waals surface area contributed by atoms with Crippen LogP contribution in [-0.2, 0) is 19.4 Å². The third-order valence-electron chi connectivity index (χ3n) is 5.79. The quantitative estimate of drug-likeness (QED) is 0.907. The van der Waals surface area contributed by atoms with E-state index in [4.69, 9.17) is 0 Å². The van der Waals surface area contributed by atoms with Crippen molar-refractivity contribution < 1.29 is 0 Å². The molecule has 2 aliphatic rings. The average molecular weight is 324 g/mol. The van der Waals surface area contributed by atoms with Gasteiger partial charge in [0, 0.05) is 42.6 Å². The summed E-state index contributed by atoms with van der Waals surface area (Å²) in [7, 11) is 0. The first-order valence-corrected chi connectivity index (χ1v) is 9.31. The van der Waals surface area contributed by atoms with E-state index < -0.39 is 0 Å². The number of hydrogen-bond donors (Lipinski definition) is 2. The molecular formula is C20H28N4. The maximum Gasteiger partial charge on any atom is 0.0638 e. The van der Waals surface area contributed by atoms with Crippen LogP contribution in [-0.4, -0.2) is 29.3 Å². The minimum absolute atomic E-state index is 0.615. The lowest BCUT2D eigenvalue weighted by Gasteiger charge is -2.34. The summed E-state index contributed by atoms with van der Waals surface area (Å²) in [4.78, 5) is 2.56. The molecule has 0 bridgehead atoms. The summed E-state index contributed by atoms with van der Waals surface area (Å²) in [5, 5.41) is 11.1. The van der Waals surface area contributed by atoms with E-state index in [1.54, 1.807) is 11.1 Å². The van der Waals surface area contributed by atoms with E-state index in [2.05, 4.69) is 52.5 Å². The molecule has 1 aromatic heterocycles. The number of hydrogen-bond acceptors (Lipinski definition) is 3. The Hall–Kier alpha value is -1.81. The molecule has 128 valence electrons. The first-order valence-electron chi connectivity index (χ1n) is 9.31. The van der Waals surface area contributed by atoms with Gasteiger partial charge < -0.3 is 10.2 Å². The van der Waals surface area contributed by atoms with Gasteiger partial charge in [0.2, 0.25) is 0 Å². The van der Waals surface area contributed by atoms with Crippen LogP contribution >= 0.6 is 0 Å². The van der Waals surface area contributed by atoms with Gasteiger partial charge in [-0.05, 0) is 69.2 Å². The minimum Gasteiger partial charge on any atom is -0.371 e. The Morgan fingerprint density at radius 2 is 1.96 bits per heavy atom. The van der Waals surface area contributed by atoms with Crippen molar-refractivity contribution in [3.05, 3.63) is 46.3 Å². The minimum atomic E-state index is 0.615. The molecular weight excluding hydrogens is 296 g/mol. The number of aromatic amines is 1. The van der Waals surface area contributed by atoms with Crippen molar-refractivity contribution in [1.29, 1.82) is 0 Å². The lowest BCUT2D eigenvalue weighted by atomic mass is 10.0. The topological polar surface area (TPSA) is 44.0 Å². The molecule has 1 aromatic carbocycles. The summed E-state index contributed by atoms with van der Waals surface area (Å²) in [6, 6.07) is 7.74. The van der Waals surface area contributed by atoms with Crippen molar-refractivity contribution in [2.45, 2.75) is 58.5 Å². The number of benzene rings is 1. The third-order valence-corrected chi connectivity index (χ3v) is 5.79. The van der Waals surface area contributed by atoms with Gasteiger partial charge in [0.25, 0.3) is 0 Å². The van der Waals surface area contributed by atoms with E-state index in [1.807, 2.05) is 0 Å². The predicted octanol–water partition coefficient (Wildman–Crippen LogP) is 3.27. The summed E-state index contributed by atoms with van der Waals surface area (Å²) < 4.78 is 0. The van der Waals surface area contributed by atoms with Gasteiger partial charge in [0.1, 0.15) is 0 Å². The van der Waals surface area contributed by atoms with Crippen molar-refractivity contribution in [3.63, 3.8) is 0 Å². The molecule has 2 aromatic rings. The van der Waals surface area contributed by atoms with Gasteiger partial charge >= 0.3 is 0 Å². The lowest BCUT2D eigenvalue weighted by Crippen LogP contribution is -2.42. The highest BCUT2D eigenvalue weighted by Gasteiger charge is 2.21. The zero-order valence-corrected chi connectivity index (χ0v) is 14.9. The van der Waals surface area contributed by atoms with Gasteiger partial charge in [-0.25, -0.2) is 0 Å². The molecule has 0 amide bonds. The fraction of sp³-hybridized carbons (Fsp3) is 0.550.